The standard InChI is InChI=1S/C25H24BrN3O3S/c1-2-27-23(30)18-9-6-10-20(15-18)28-25(33)29-24(31)19-11-12-22(21(26)16-19)32-14-13-17-7-4-3-5-8-17/h3-12,15-16H,2,13-14H2,1H3,(H,27,30)(H2,28,29,31,33). The minimum atomic E-state index is -0.357. The molecule has 8 heteroatoms. The third-order valence-corrected chi connectivity index (χ3v) is 5.46. The van der Waals surface area contributed by atoms with Crippen molar-refractivity contribution in [2.75, 3.05) is 18.5 Å². The van der Waals surface area contributed by atoms with Gasteiger partial charge < -0.3 is 15.4 Å². The van der Waals surface area contributed by atoms with Gasteiger partial charge in [-0.1, -0.05) is 36.4 Å². The lowest BCUT2D eigenvalue weighted by atomic mass is 10.2. The topological polar surface area (TPSA) is 79.5 Å². The van der Waals surface area contributed by atoms with Crippen LogP contribution in [0, 0.1) is 0 Å². The van der Waals surface area contributed by atoms with Crippen LogP contribution >= 0.6 is 28.1 Å². The molecule has 0 aromatic heterocycles. The van der Waals surface area contributed by atoms with Crippen molar-refractivity contribution in [1.82, 2.24) is 10.6 Å². The highest BCUT2D eigenvalue weighted by atomic mass is 79.9. The molecule has 3 aromatic carbocycles. The third-order valence-electron chi connectivity index (χ3n) is 4.63. The number of anilines is 1. The monoisotopic (exact) mass is 525 g/mol. The Labute approximate surface area is 206 Å². The van der Waals surface area contributed by atoms with Crippen LogP contribution in [-0.2, 0) is 6.42 Å². The zero-order chi connectivity index (χ0) is 23.6. The summed E-state index contributed by atoms with van der Waals surface area (Å²) in [5, 5.41) is 8.46. The van der Waals surface area contributed by atoms with Gasteiger partial charge in [-0.05, 0) is 77.0 Å². The highest BCUT2D eigenvalue weighted by Gasteiger charge is 2.12. The third kappa shape index (κ3) is 7.40. The summed E-state index contributed by atoms with van der Waals surface area (Å²) in [6.45, 7) is 2.92. The predicted molar refractivity (Wildman–Crippen MR) is 138 cm³/mol. The quantitative estimate of drug-likeness (QED) is 0.362. The van der Waals surface area contributed by atoms with E-state index in [9.17, 15) is 9.59 Å². The van der Waals surface area contributed by atoms with E-state index in [0.717, 1.165) is 6.42 Å². The highest BCUT2D eigenvalue weighted by molar-refractivity contribution is 9.10. The molecule has 3 N–H and O–H groups in total. The summed E-state index contributed by atoms with van der Waals surface area (Å²) in [5.41, 5.74) is 2.73. The fraction of sp³-hybridized carbons (Fsp3) is 0.160. The minimum Gasteiger partial charge on any atom is -0.492 e. The van der Waals surface area contributed by atoms with Crippen LogP contribution in [0.4, 0.5) is 5.69 Å². The molecule has 0 aliphatic heterocycles. The summed E-state index contributed by atoms with van der Waals surface area (Å²) in [6, 6.07) is 22.1. The first kappa shape index (κ1) is 24.4. The van der Waals surface area contributed by atoms with E-state index in [0.29, 0.717) is 40.2 Å². The molecule has 2 amide bonds. The van der Waals surface area contributed by atoms with E-state index in [1.807, 2.05) is 25.1 Å². The molecule has 0 heterocycles. The van der Waals surface area contributed by atoms with Gasteiger partial charge in [-0.3, -0.25) is 14.9 Å². The van der Waals surface area contributed by atoms with E-state index < -0.39 is 0 Å². The molecule has 170 valence electrons. The van der Waals surface area contributed by atoms with E-state index >= 15 is 0 Å². The molecule has 3 aromatic rings. The molecular formula is C25H24BrN3O3S. The number of carbonyl (C=O) groups excluding carboxylic acids is 2. The first-order valence-corrected chi connectivity index (χ1v) is 11.6. The molecule has 33 heavy (non-hydrogen) atoms. The molecule has 3 rings (SSSR count). The number of hydrogen-bond donors (Lipinski definition) is 3. The van der Waals surface area contributed by atoms with Gasteiger partial charge in [0.05, 0.1) is 11.1 Å². The molecule has 0 radical (unpaired) electrons. The van der Waals surface area contributed by atoms with Gasteiger partial charge in [0.1, 0.15) is 5.75 Å². The minimum absolute atomic E-state index is 0.132. The first-order chi connectivity index (χ1) is 16.0. The summed E-state index contributed by atoms with van der Waals surface area (Å²) in [6.07, 6.45) is 0.788. The molecule has 0 atom stereocenters. The molecule has 0 bridgehead atoms. The molecular weight excluding hydrogens is 502 g/mol. The van der Waals surface area contributed by atoms with Crippen LogP contribution < -0.4 is 20.7 Å². The Morgan fingerprint density at radius 2 is 1.70 bits per heavy atom. The number of hydrogen-bond acceptors (Lipinski definition) is 4. The number of carbonyl (C=O) groups is 2. The van der Waals surface area contributed by atoms with Crippen LogP contribution in [-0.4, -0.2) is 30.1 Å². The van der Waals surface area contributed by atoms with Crippen LogP contribution in [0.1, 0.15) is 33.2 Å². The number of halogens is 1. The van der Waals surface area contributed by atoms with Gasteiger partial charge >= 0.3 is 0 Å². The van der Waals surface area contributed by atoms with Crippen molar-refractivity contribution in [1.29, 1.82) is 0 Å². The smallest absolute Gasteiger partial charge is 0.257 e. The molecule has 0 spiro atoms. The molecule has 6 nitrogen and oxygen atoms in total. The van der Waals surface area contributed by atoms with Crippen LogP contribution in [0.5, 0.6) is 5.75 Å². The molecule has 0 aliphatic carbocycles. The normalized spacial score (nSPS) is 10.2. The Bertz CT molecular complexity index is 1140. The van der Waals surface area contributed by atoms with Crippen LogP contribution in [0.25, 0.3) is 0 Å². The maximum atomic E-state index is 12.6. The van der Waals surface area contributed by atoms with E-state index in [2.05, 4.69) is 44.0 Å². The molecule has 0 fully saturated rings. The van der Waals surface area contributed by atoms with Crippen molar-refractivity contribution >= 4 is 50.8 Å². The summed E-state index contributed by atoms with van der Waals surface area (Å²) < 4.78 is 6.51. The average molecular weight is 526 g/mol. The predicted octanol–water partition coefficient (Wildman–Crippen LogP) is 4.95. The van der Waals surface area contributed by atoms with Crippen molar-refractivity contribution in [3.8, 4) is 5.75 Å². The first-order valence-electron chi connectivity index (χ1n) is 10.4. The van der Waals surface area contributed by atoms with Crippen LogP contribution in [0.15, 0.2) is 77.3 Å². The van der Waals surface area contributed by atoms with Crippen LogP contribution in [0.3, 0.4) is 0 Å². The van der Waals surface area contributed by atoms with Crippen molar-refractivity contribution in [3.63, 3.8) is 0 Å². The van der Waals surface area contributed by atoms with Crippen LogP contribution in [0.2, 0.25) is 0 Å². The molecule has 0 saturated carbocycles. The lowest BCUT2D eigenvalue weighted by molar-refractivity contribution is 0.0953. The Morgan fingerprint density at radius 3 is 2.42 bits per heavy atom. The molecule has 0 saturated heterocycles. The second-order valence-corrected chi connectivity index (χ2v) is 8.34. The van der Waals surface area contributed by atoms with Crippen molar-refractivity contribution < 1.29 is 14.3 Å². The van der Waals surface area contributed by atoms with E-state index in [1.54, 1.807) is 42.5 Å². The second-order valence-electron chi connectivity index (χ2n) is 7.08. The van der Waals surface area contributed by atoms with Gasteiger partial charge in [0.2, 0.25) is 0 Å². The van der Waals surface area contributed by atoms with Gasteiger partial charge in [-0.15, -0.1) is 0 Å². The van der Waals surface area contributed by atoms with Gasteiger partial charge in [0.15, 0.2) is 5.11 Å². The second kappa shape index (κ2) is 12.1. The summed E-state index contributed by atoms with van der Waals surface area (Å²) in [4.78, 5) is 24.6. The van der Waals surface area contributed by atoms with Gasteiger partial charge in [-0.25, -0.2) is 0 Å². The maximum absolute atomic E-state index is 12.6. The summed E-state index contributed by atoms with van der Waals surface area (Å²) in [7, 11) is 0. The van der Waals surface area contributed by atoms with Gasteiger partial charge in [0, 0.05) is 29.8 Å². The van der Waals surface area contributed by atoms with Crippen molar-refractivity contribution in [2.24, 2.45) is 0 Å². The number of amides is 2. The summed E-state index contributed by atoms with van der Waals surface area (Å²) in [5.74, 6) is 0.126. The van der Waals surface area contributed by atoms with Crippen molar-refractivity contribution in [2.45, 2.75) is 13.3 Å². The maximum Gasteiger partial charge on any atom is 0.257 e. The Kier molecular flexibility index (Phi) is 8.97. The van der Waals surface area contributed by atoms with E-state index in [1.165, 1.54) is 5.56 Å². The fourth-order valence-electron chi connectivity index (χ4n) is 3.02. The Balaban J connectivity index is 1.54. The van der Waals surface area contributed by atoms with Gasteiger partial charge in [-0.2, -0.15) is 0 Å². The average Bonchev–Trinajstić information content (AvgIpc) is 2.81. The van der Waals surface area contributed by atoms with E-state index in [4.69, 9.17) is 17.0 Å². The van der Waals surface area contributed by atoms with Gasteiger partial charge in [0.25, 0.3) is 11.8 Å². The van der Waals surface area contributed by atoms with E-state index in [-0.39, 0.29) is 16.9 Å². The zero-order valence-corrected chi connectivity index (χ0v) is 20.5. The number of ether oxygens (including phenoxy) is 1. The SMILES string of the molecule is CCNC(=O)c1cccc(NC(=S)NC(=O)c2ccc(OCCc3ccccc3)c(Br)c2)c1. The number of rotatable bonds is 8. The number of benzene rings is 3. The molecule has 0 unspecified atom stereocenters. The highest BCUT2D eigenvalue weighted by Crippen LogP contribution is 2.26. The Hall–Kier alpha value is -3.23. The lowest BCUT2D eigenvalue weighted by Gasteiger charge is -2.12. The largest absolute Gasteiger partial charge is 0.492 e. The number of thiocarbonyl (C=S) groups is 1. The van der Waals surface area contributed by atoms with Crippen molar-refractivity contribution in [3.05, 3.63) is 94.0 Å². The summed E-state index contributed by atoms with van der Waals surface area (Å²) >= 11 is 8.72. The Morgan fingerprint density at radius 1 is 0.939 bits per heavy atom. The molecule has 0 aliphatic rings. The number of nitrogens with one attached hydrogen (secondary N) is 3. The fourth-order valence-corrected chi connectivity index (χ4v) is 3.72. The zero-order valence-electron chi connectivity index (χ0n) is 18.1. The lowest BCUT2D eigenvalue weighted by Crippen LogP contribution is -2.34.